The zero-order chi connectivity index (χ0) is 18.0. The average molecular weight is 343 g/mol. The second kappa shape index (κ2) is 7.27. The van der Waals surface area contributed by atoms with E-state index in [1.807, 2.05) is 36.9 Å². The van der Waals surface area contributed by atoms with E-state index in [0.29, 0.717) is 5.69 Å². The van der Waals surface area contributed by atoms with Crippen molar-refractivity contribution in [2.75, 3.05) is 18.4 Å². The van der Waals surface area contributed by atoms with Crippen molar-refractivity contribution in [1.82, 2.24) is 9.88 Å². The number of rotatable bonds is 5. The highest BCUT2D eigenvalue weighted by atomic mass is 16.4. The smallest absolute Gasteiger partial charge is 0.325 e. The van der Waals surface area contributed by atoms with Crippen molar-refractivity contribution < 1.29 is 14.7 Å². The Kier molecular flexibility index (Phi) is 5.08. The van der Waals surface area contributed by atoms with Crippen LogP contribution in [0.4, 0.5) is 5.69 Å². The van der Waals surface area contributed by atoms with Gasteiger partial charge >= 0.3 is 5.97 Å². The third-order valence-electron chi connectivity index (χ3n) is 4.79. The van der Waals surface area contributed by atoms with Crippen LogP contribution in [-0.4, -0.2) is 40.0 Å². The number of carbonyl (C=O) groups excluding carboxylic acids is 1. The molecular formula is C19H25N3O3. The van der Waals surface area contributed by atoms with Crippen LogP contribution < -0.4 is 5.32 Å². The highest BCUT2D eigenvalue weighted by Crippen LogP contribution is 2.32. The lowest BCUT2D eigenvalue weighted by atomic mass is 10.0. The molecule has 3 rings (SSSR count). The Morgan fingerprint density at radius 2 is 1.92 bits per heavy atom. The van der Waals surface area contributed by atoms with Crippen LogP contribution in [0.1, 0.15) is 44.7 Å². The van der Waals surface area contributed by atoms with Crippen molar-refractivity contribution >= 4 is 28.5 Å². The summed E-state index contributed by atoms with van der Waals surface area (Å²) in [5.74, 6) is -0.951. The van der Waals surface area contributed by atoms with E-state index in [1.54, 1.807) is 6.20 Å². The highest BCUT2D eigenvalue weighted by molar-refractivity contribution is 5.96. The standard InChI is InChI=1S/C19H25N3O3/c1-12(2)18(23)21-13-6-7-14-15(11-20-16(14)10-13)17(19(24)25)22-8-4-3-5-9-22/h6-7,10-12,17,20H,3-5,8-9H2,1-2H3,(H,21,23)(H,24,25)/t17-/m1/s1. The summed E-state index contributed by atoms with van der Waals surface area (Å²) in [6.07, 6.45) is 5.02. The lowest BCUT2D eigenvalue weighted by Gasteiger charge is -2.31. The fraction of sp³-hybridized carbons (Fsp3) is 0.474. The Bertz CT molecular complexity index is 775. The molecule has 1 atom stereocenters. The SMILES string of the molecule is CC(C)C(=O)Nc1ccc2c([C@H](C(=O)O)N3CCCCC3)c[nH]c2c1. The van der Waals surface area contributed by atoms with Crippen molar-refractivity contribution in [2.45, 2.75) is 39.2 Å². The molecule has 2 aromatic rings. The van der Waals surface area contributed by atoms with Crippen molar-refractivity contribution in [3.63, 3.8) is 0 Å². The lowest BCUT2D eigenvalue weighted by Crippen LogP contribution is -2.37. The number of hydrogen-bond donors (Lipinski definition) is 3. The van der Waals surface area contributed by atoms with E-state index in [0.717, 1.165) is 48.8 Å². The Morgan fingerprint density at radius 1 is 1.20 bits per heavy atom. The topological polar surface area (TPSA) is 85.4 Å². The van der Waals surface area contributed by atoms with Gasteiger partial charge in [-0.2, -0.15) is 0 Å². The van der Waals surface area contributed by atoms with Crippen molar-refractivity contribution in [3.8, 4) is 0 Å². The van der Waals surface area contributed by atoms with Crippen molar-refractivity contribution in [1.29, 1.82) is 0 Å². The molecule has 0 unspecified atom stereocenters. The third-order valence-corrected chi connectivity index (χ3v) is 4.79. The number of amides is 1. The van der Waals surface area contributed by atoms with E-state index >= 15 is 0 Å². The molecule has 0 radical (unpaired) electrons. The quantitative estimate of drug-likeness (QED) is 0.777. The zero-order valence-electron chi connectivity index (χ0n) is 14.7. The molecule has 3 N–H and O–H groups in total. The first kappa shape index (κ1) is 17.5. The van der Waals surface area contributed by atoms with Gasteiger partial charge in [0.1, 0.15) is 6.04 Å². The van der Waals surface area contributed by atoms with Gasteiger partial charge < -0.3 is 15.4 Å². The molecule has 0 spiro atoms. The maximum atomic E-state index is 11.9. The predicted octanol–water partition coefficient (Wildman–Crippen LogP) is 3.37. The van der Waals surface area contributed by atoms with Crippen LogP contribution in [-0.2, 0) is 9.59 Å². The summed E-state index contributed by atoms with van der Waals surface area (Å²) < 4.78 is 0. The number of anilines is 1. The third kappa shape index (κ3) is 3.69. The molecule has 1 aromatic heterocycles. The summed E-state index contributed by atoms with van der Waals surface area (Å²) in [6, 6.07) is 4.94. The van der Waals surface area contributed by atoms with Crippen LogP contribution in [0.2, 0.25) is 0 Å². The number of carbonyl (C=O) groups is 2. The summed E-state index contributed by atoms with van der Waals surface area (Å²) in [5, 5.41) is 13.5. The lowest BCUT2D eigenvalue weighted by molar-refractivity contribution is -0.144. The van der Waals surface area contributed by atoms with Crippen LogP contribution in [0, 0.1) is 5.92 Å². The predicted molar refractivity (Wildman–Crippen MR) is 97.6 cm³/mol. The molecule has 0 aliphatic carbocycles. The van der Waals surface area contributed by atoms with Crippen LogP contribution in [0.3, 0.4) is 0 Å². The van der Waals surface area contributed by atoms with Gasteiger partial charge in [-0.05, 0) is 38.1 Å². The molecule has 1 saturated heterocycles. The number of H-pyrrole nitrogens is 1. The number of carboxylic acids is 1. The Labute approximate surface area is 147 Å². The molecule has 6 nitrogen and oxygen atoms in total. The second-order valence-electron chi connectivity index (χ2n) is 6.99. The van der Waals surface area contributed by atoms with Gasteiger partial charge in [0.2, 0.25) is 5.91 Å². The van der Waals surface area contributed by atoms with Gasteiger partial charge in [-0.25, -0.2) is 0 Å². The molecule has 0 bridgehead atoms. The van der Waals surface area contributed by atoms with E-state index in [2.05, 4.69) is 10.3 Å². The number of benzene rings is 1. The number of nitrogens with one attached hydrogen (secondary N) is 2. The maximum Gasteiger partial charge on any atom is 0.325 e. The molecule has 1 amide bonds. The number of hydrogen-bond acceptors (Lipinski definition) is 3. The zero-order valence-corrected chi connectivity index (χ0v) is 14.7. The van der Waals surface area contributed by atoms with Crippen LogP contribution in [0.15, 0.2) is 24.4 Å². The van der Waals surface area contributed by atoms with E-state index in [-0.39, 0.29) is 11.8 Å². The normalized spacial score (nSPS) is 16.9. The summed E-state index contributed by atoms with van der Waals surface area (Å²) in [6.45, 7) is 5.31. The Balaban J connectivity index is 1.91. The summed E-state index contributed by atoms with van der Waals surface area (Å²) in [5.41, 5.74) is 2.33. The number of aliphatic carboxylic acids is 1. The number of nitrogens with zero attached hydrogens (tertiary/aromatic N) is 1. The molecule has 2 heterocycles. The molecule has 1 fully saturated rings. The first-order chi connectivity index (χ1) is 12.0. The molecule has 0 saturated carbocycles. The van der Waals surface area contributed by atoms with Gasteiger partial charge in [-0.15, -0.1) is 0 Å². The second-order valence-corrected chi connectivity index (χ2v) is 6.99. The molecule has 6 heteroatoms. The summed E-state index contributed by atoms with van der Waals surface area (Å²) >= 11 is 0. The van der Waals surface area contributed by atoms with Gasteiger partial charge in [-0.1, -0.05) is 26.3 Å². The highest BCUT2D eigenvalue weighted by Gasteiger charge is 2.30. The van der Waals surface area contributed by atoms with Gasteiger partial charge in [0.15, 0.2) is 0 Å². The minimum absolute atomic E-state index is 0.0390. The van der Waals surface area contributed by atoms with Gasteiger partial charge in [0, 0.05) is 34.3 Å². The van der Waals surface area contributed by atoms with Crippen molar-refractivity contribution in [3.05, 3.63) is 30.0 Å². The maximum absolute atomic E-state index is 11.9. The monoisotopic (exact) mass is 343 g/mol. The molecule has 134 valence electrons. The largest absolute Gasteiger partial charge is 0.480 e. The van der Waals surface area contributed by atoms with E-state index in [1.165, 1.54) is 0 Å². The number of aromatic amines is 1. The first-order valence-corrected chi connectivity index (χ1v) is 8.86. The van der Waals surface area contributed by atoms with Gasteiger partial charge in [-0.3, -0.25) is 14.5 Å². The number of aromatic nitrogens is 1. The van der Waals surface area contributed by atoms with Crippen LogP contribution in [0.25, 0.3) is 10.9 Å². The summed E-state index contributed by atoms with van der Waals surface area (Å²) in [7, 11) is 0. The molecule has 1 aromatic carbocycles. The first-order valence-electron chi connectivity index (χ1n) is 8.86. The molecule has 1 aliphatic rings. The minimum Gasteiger partial charge on any atom is -0.480 e. The number of likely N-dealkylation sites (tertiary alicyclic amines) is 1. The fourth-order valence-electron chi connectivity index (χ4n) is 3.40. The van der Waals surface area contributed by atoms with E-state index in [9.17, 15) is 14.7 Å². The van der Waals surface area contributed by atoms with Crippen LogP contribution >= 0.6 is 0 Å². The molecular weight excluding hydrogens is 318 g/mol. The van der Waals surface area contributed by atoms with E-state index in [4.69, 9.17) is 0 Å². The Morgan fingerprint density at radius 3 is 2.56 bits per heavy atom. The van der Waals surface area contributed by atoms with E-state index < -0.39 is 12.0 Å². The Hall–Kier alpha value is -2.34. The summed E-state index contributed by atoms with van der Waals surface area (Å²) in [4.78, 5) is 29.0. The molecule has 25 heavy (non-hydrogen) atoms. The van der Waals surface area contributed by atoms with Crippen molar-refractivity contribution in [2.24, 2.45) is 5.92 Å². The fourth-order valence-corrected chi connectivity index (χ4v) is 3.40. The molecule has 1 aliphatic heterocycles. The number of fused-ring (bicyclic) bond motifs is 1. The van der Waals surface area contributed by atoms with Crippen LogP contribution in [0.5, 0.6) is 0 Å². The van der Waals surface area contributed by atoms with Gasteiger partial charge in [0.25, 0.3) is 0 Å². The number of carboxylic acid groups (broad SMARTS) is 1. The average Bonchev–Trinajstić information content (AvgIpc) is 2.98. The number of piperidine rings is 1. The van der Waals surface area contributed by atoms with Gasteiger partial charge in [0.05, 0.1) is 0 Å². The minimum atomic E-state index is -0.819.